The topological polar surface area (TPSA) is 106 Å². The van der Waals surface area contributed by atoms with Gasteiger partial charge in [-0.05, 0) is 6.42 Å². The SMILES string of the molecule is CCC/C(C#N)=N/O.CNC(=O)O. The molecule has 0 fully saturated rings. The Balaban J connectivity index is 0. The second-order valence-corrected chi connectivity index (χ2v) is 1.96. The van der Waals surface area contributed by atoms with Gasteiger partial charge in [0, 0.05) is 13.5 Å². The molecule has 0 aromatic carbocycles. The fraction of sp³-hybridized carbons (Fsp3) is 0.571. The maximum Gasteiger partial charge on any atom is 0.404 e. The Morgan fingerprint density at radius 3 is 2.23 bits per heavy atom. The van der Waals surface area contributed by atoms with Crippen molar-refractivity contribution >= 4 is 11.8 Å². The van der Waals surface area contributed by atoms with E-state index in [9.17, 15) is 4.79 Å². The Morgan fingerprint density at radius 1 is 1.69 bits per heavy atom. The summed E-state index contributed by atoms with van der Waals surface area (Å²) in [6, 6.07) is 1.75. The van der Waals surface area contributed by atoms with Crippen LogP contribution in [0, 0.1) is 11.3 Å². The van der Waals surface area contributed by atoms with Gasteiger partial charge in [-0.1, -0.05) is 12.1 Å². The molecule has 0 unspecified atom stereocenters. The largest absolute Gasteiger partial charge is 0.465 e. The first-order valence-electron chi connectivity index (χ1n) is 3.64. The van der Waals surface area contributed by atoms with Crippen molar-refractivity contribution in [2.24, 2.45) is 5.16 Å². The van der Waals surface area contributed by atoms with E-state index in [-0.39, 0.29) is 5.71 Å². The Kier molecular flexibility index (Phi) is 10.9. The van der Waals surface area contributed by atoms with Crippen LogP contribution in [0.4, 0.5) is 4.79 Å². The van der Waals surface area contributed by atoms with E-state index in [1.54, 1.807) is 6.07 Å². The van der Waals surface area contributed by atoms with Gasteiger partial charge in [0.05, 0.1) is 0 Å². The minimum Gasteiger partial charge on any atom is -0.465 e. The van der Waals surface area contributed by atoms with E-state index in [2.05, 4.69) is 5.16 Å². The summed E-state index contributed by atoms with van der Waals surface area (Å²) in [6.07, 6.45) is 0.407. The molecule has 13 heavy (non-hydrogen) atoms. The van der Waals surface area contributed by atoms with Gasteiger partial charge in [-0.15, -0.1) is 0 Å². The molecule has 0 bridgehead atoms. The van der Waals surface area contributed by atoms with Gasteiger partial charge in [-0.25, -0.2) is 4.79 Å². The van der Waals surface area contributed by atoms with Crippen LogP contribution in [-0.2, 0) is 0 Å². The highest BCUT2D eigenvalue weighted by molar-refractivity contribution is 5.97. The zero-order valence-corrected chi connectivity index (χ0v) is 7.61. The van der Waals surface area contributed by atoms with E-state index in [0.717, 1.165) is 6.42 Å². The smallest absolute Gasteiger partial charge is 0.404 e. The first-order valence-corrected chi connectivity index (χ1v) is 3.64. The van der Waals surface area contributed by atoms with Crippen LogP contribution in [0.3, 0.4) is 0 Å². The normalized spacial score (nSPS) is 9.15. The van der Waals surface area contributed by atoms with Gasteiger partial charge < -0.3 is 15.6 Å². The van der Waals surface area contributed by atoms with Crippen molar-refractivity contribution in [1.82, 2.24) is 5.32 Å². The van der Waals surface area contributed by atoms with Gasteiger partial charge in [0.1, 0.15) is 6.07 Å². The molecule has 0 saturated heterocycles. The van der Waals surface area contributed by atoms with E-state index in [0.29, 0.717) is 6.42 Å². The van der Waals surface area contributed by atoms with Crippen LogP contribution < -0.4 is 5.32 Å². The van der Waals surface area contributed by atoms with Gasteiger partial charge >= 0.3 is 6.09 Å². The highest BCUT2D eigenvalue weighted by Crippen LogP contribution is 1.88. The van der Waals surface area contributed by atoms with E-state index in [1.807, 2.05) is 12.2 Å². The van der Waals surface area contributed by atoms with Gasteiger partial charge in [0.25, 0.3) is 0 Å². The Labute approximate surface area is 76.5 Å². The van der Waals surface area contributed by atoms with Crippen molar-refractivity contribution in [3.05, 3.63) is 0 Å². The summed E-state index contributed by atoms with van der Waals surface area (Å²) in [5, 5.41) is 28.4. The molecule has 0 atom stereocenters. The van der Waals surface area contributed by atoms with Gasteiger partial charge in [-0.3, -0.25) is 0 Å². The first kappa shape index (κ1) is 13.8. The number of hydrogen-bond acceptors (Lipinski definition) is 4. The standard InChI is InChI=1S/C5H8N2O.C2H5NO2/c1-2-3-5(4-6)7-8;1-3-2(4)5/h8H,2-3H2,1H3;3H,1H3,(H,4,5)/b7-5-;. The molecule has 1 amide bonds. The molecule has 0 aromatic rings. The minimum absolute atomic E-state index is 0.201. The van der Waals surface area contributed by atoms with Crippen LogP contribution in [-0.4, -0.2) is 29.2 Å². The Hall–Kier alpha value is -1.77. The lowest BCUT2D eigenvalue weighted by Gasteiger charge is -1.84. The first-order chi connectivity index (χ1) is 6.12. The molecular formula is C7H13N3O3. The van der Waals surface area contributed by atoms with Gasteiger partial charge in [0.15, 0.2) is 5.71 Å². The van der Waals surface area contributed by atoms with Crippen LogP contribution in [0.25, 0.3) is 0 Å². The third kappa shape index (κ3) is 13.3. The maximum atomic E-state index is 9.26. The fourth-order valence-corrected chi connectivity index (χ4v) is 0.365. The lowest BCUT2D eigenvalue weighted by atomic mass is 10.2. The van der Waals surface area contributed by atoms with E-state index in [1.165, 1.54) is 7.05 Å². The Morgan fingerprint density at radius 2 is 2.15 bits per heavy atom. The maximum absolute atomic E-state index is 9.26. The number of carbonyl (C=O) groups is 1. The quantitative estimate of drug-likeness (QED) is 0.341. The molecule has 6 heteroatoms. The zero-order valence-electron chi connectivity index (χ0n) is 7.61. The van der Waals surface area contributed by atoms with Crippen molar-refractivity contribution in [2.45, 2.75) is 19.8 Å². The van der Waals surface area contributed by atoms with Crippen LogP contribution in [0.2, 0.25) is 0 Å². The number of oxime groups is 1. The highest BCUT2D eigenvalue weighted by atomic mass is 16.4. The number of nitrogens with one attached hydrogen (secondary N) is 1. The molecule has 0 saturated carbocycles. The van der Waals surface area contributed by atoms with Crippen LogP contribution in [0.15, 0.2) is 5.16 Å². The van der Waals surface area contributed by atoms with Crippen LogP contribution in [0.5, 0.6) is 0 Å². The summed E-state index contributed by atoms with van der Waals surface area (Å²) in [6.45, 7) is 1.92. The van der Waals surface area contributed by atoms with E-state index < -0.39 is 6.09 Å². The molecular weight excluding hydrogens is 174 g/mol. The number of nitriles is 1. The van der Waals surface area contributed by atoms with Gasteiger partial charge in [0.2, 0.25) is 0 Å². The molecule has 0 aliphatic heterocycles. The Bertz CT molecular complexity index is 208. The summed E-state index contributed by atoms with van der Waals surface area (Å²) in [4.78, 5) is 9.26. The number of amides is 1. The fourth-order valence-electron chi connectivity index (χ4n) is 0.365. The average molecular weight is 187 g/mol. The van der Waals surface area contributed by atoms with Gasteiger partial charge in [-0.2, -0.15) is 5.26 Å². The summed E-state index contributed by atoms with van der Waals surface area (Å²) in [5.74, 6) is 0. The lowest BCUT2D eigenvalue weighted by molar-refractivity contribution is 0.197. The summed E-state index contributed by atoms with van der Waals surface area (Å²) in [7, 11) is 1.35. The number of nitrogens with zero attached hydrogens (tertiary/aromatic N) is 2. The molecule has 0 heterocycles. The number of rotatable bonds is 2. The monoisotopic (exact) mass is 187 g/mol. The molecule has 0 aromatic heterocycles. The van der Waals surface area contributed by atoms with Crippen LogP contribution >= 0.6 is 0 Å². The highest BCUT2D eigenvalue weighted by Gasteiger charge is 1.91. The third-order valence-electron chi connectivity index (χ3n) is 0.950. The number of carboxylic acid groups (broad SMARTS) is 1. The zero-order chi connectivity index (χ0) is 10.7. The second kappa shape index (κ2) is 10.2. The summed E-state index contributed by atoms with van der Waals surface area (Å²) in [5.41, 5.74) is 0.201. The molecule has 74 valence electrons. The molecule has 3 N–H and O–H groups in total. The second-order valence-electron chi connectivity index (χ2n) is 1.96. The number of hydrogen-bond donors (Lipinski definition) is 3. The molecule has 0 aliphatic carbocycles. The molecule has 0 radical (unpaired) electrons. The summed E-state index contributed by atoms with van der Waals surface area (Å²) >= 11 is 0. The van der Waals surface area contributed by atoms with Crippen molar-refractivity contribution in [1.29, 1.82) is 5.26 Å². The predicted octanol–water partition coefficient (Wildman–Crippen LogP) is 1.02. The van der Waals surface area contributed by atoms with Crippen molar-refractivity contribution in [3.8, 4) is 6.07 Å². The average Bonchev–Trinajstić information content (AvgIpc) is 2.15. The van der Waals surface area contributed by atoms with E-state index in [4.69, 9.17) is 15.6 Å². The van der Waals surface area contributed by atoms with Crippen molar-refractivity contribution in [3.63, 3.8) is 0 Å². The lowest BCUT2D eigenvalue weighted by Crippen LogP contribution is -2.13. The van der Waals surface area contributed by atoms with Crippen molar-refractivity contribution in [2.75, 3.05) is 7.05 Å². The molecule has 6 nitrogen and oxygen atoms in total. The minimum atomic E-state index is -0.995. The molecule has 0 aliphatic rings. The van der Waals surface area contributed by atoms with E-state index >= 15 is 0 Å². The molecule has 0 spiro atoms. The summed E-state index contributed by atoms with van der Waals surface area (Å²) < 4.78 is 0. The molecule has 0 rings (SSSR count). The van der Waals surface area contributed by atoms with Crippen molar-refractivity contribution < 1.29 is 15.1 Å². The van der Waals surface area contributed by atoms with Crippen LogP contribution in [0.1, 0.15) is 19.8 Å². The predicted molar refractivity (Wildman–Crippen MR) is 46.8 cm³/mol. The third-order valence-corrected chi connectivity index (χ3v) is 0.950.